The van der Waals surface area contributed by atoms with Gasteiger partial charge in [0.05, 0.1) is 12.2 Å². The molecule has 0 bridgehead atoms. The molecule has 1 aromatic carbocycles. The van der Waals surface area contributed by atoms with Gasteiger partial charge in [-0.25, -0.2) is 4.39 Å². The third-order valence-electron chi connectivity index (χ3n) is 3.36. The Morgan fingerprint density at radius 2 is 2.05 bits per heavy atom. The number of anilines is 1. The van der Waals surface area contributed by atoms with Crippen molar-refractivity contribution in [2.45, 2.75) is 33.4 Å². The predicted octanol–water partition coefficient (Wildman–Crippen LogP) is 3.40. The Hall–Kier alpha value is -1.95. The molecule has 21 heavy (non-hydrogen) atoms. The molecule has 0 saturated carbocycles. The summed E-state index contributed by atoms with van der Waals surface area (Å²) in [7, 11) is 0. The first-order valence-electron chi connectivity index (χ1n) is 6.86. The molecule has 2 rings (SSSR count). The third-order valence-corrected chi connectivity index (χ3v) is 3.58. The van der Waals surface area contributed by atoms with Crippen LogP contribution in [0.2, 0.25) is 0 Å². The number of thiocarbonyl (C=S) groups is 1. The van der Waals surface area contributed by atoms with Crippen LogP contribution in [0.5, 0.6) is 0 Å². The van der Waals surface area contributed by atoms with Crippen molar-refractivity contribution in [3.05, 3.63) is 47.5 Å². The molecule has 1 heterocycles. The van der Waals surface area contributed by atoms with Crippen LogP contribution in [0.3, 0.4) is 0 Å². The highest BCUT2D eigenvalue weighted by Crippen LogP contribution is 2.17. The van der Waals surface area contributed by atoms with Gasteiger partial charge in [0.2, 0.25) is 0 Å². The number of aromatic nitrogens is 2. The number of aryl methyl sites for hydroxylation is 1. The second-order valence-corrected chi connectivity index (χ2v) is 5.24. The van der Waals surface area contributed by atoms with Crippen LogP contribution in [0.15, 0.2) is 30.5 Å². The molecular formula is C15H19FN4S. The monoisotopic (exact) mass is 306 g/mol. The minimum atomic E-state index is -0.268. The lowest BCUT2D eigenvalue weighted by Crippen LogP contribution is -2.31. The molecule has 0 amide bonds. The van der Waals surface area contributed by atoms with Gasteiger partial charge < -0.3 is 10.6 Å². The zero-order valence-electron chi connectivity index (χ0n) is 12.4. The van der Waals surface area contributed by atoms with Crippen LogP contribution in [0, 0.1) is 12.7 Å². The van der Waals surface area contributed by atoms with E-state index >= 15 is 0 Å². The fourth-order valence-corrected chi connectivity index (χ4v) is 2.47. The van der Waals surface area contributed by atoms with Crippen molar-refractivity contribution < 1.29 is 4.39 Å². The fourth-order valence-electron chi connectivity index (χ4n) is 2.18. The molecule has 0 spiro atoms. The van der Waals surface area contributed by atoms with Gasteiger partial charge in [-0.1, -0.05) is 0 Å². The highest BCUT2D eigenvalue weighted by atomic mass is 32.1. The lowest BCUT2D eigenvalue weighted by atomic mass is 10.1. The highest BCUT2D eigenvalue weighted by Gasteiger charge is 2.13. The molecule has 0 aliphatic heterocycles. The molecule has 112 valence electrons. The third kappa shape index (κ3) is 3.78. The summed E-state index contributed by atoms with van der Waals surface area (Å²) in [5, 5.41) is 11.1. The van der Waals surface area contributed by atoms with Gasteiger partial charge in [0.1, 0.15) is 5.82 Å². The van der Waals surface area contributed by atoms with Gasteiger partial charge >= 0.3 is 0 Å². The van der Waals surface area contributed by atoms with E-state index < -0.39 is 0 Å². The molecular weight excluding hydrogens is 287 g/mol. The Kier molecular flexibility index (Phi) is 4.90. The van der Waals surface area contributed by atoms with E-state index in [4.69, 9.17) is 12.2 Å². The van der Waals surface area contributed by atoms with E-state index in [0.717, 1.165) is 23.5 Å². The van der Waals surface area contributed by atoms with Crippen LogP contribution in [-0.2, 0) is 6.54 Å². The summed E-state index contributed by atoms with van der Waals surface area (Å²) in [6, 6.07) is 6.13. The standard InChI is InChI=1S/C15H19FN4S/c1-4-20-11(3)14(9-17-20)10(2)18-15(21)19-13-7-5-12(16)6-8-13/h5-10H,4H2,1-3H3,(H2,18,19,21). The topological polar surface area (TPSA) is 41.9 Å². The molecule has 0 fully saturated rings. The number of halogens is 1. The van der Waals surface area contributed by atoms with E-state index in [1.54, 1.807) is 12.1 Å². The van der Waals surface area contributed by atoms with Crippen molar-refractivity contribution in [2.75, 3.05) is 5.32 Å². The van der Waals surface area contributed by atoms with Gasteiger partial charge in [-0.15, -0.1) is 0 Å². The van der Waals surface area contributed by atoms with Gasteiger partial charge in [-0.3, -0.25) is 4.68 Å². The van der Waals surface area contributed by atoms with E-state index in [2.05, 4.69) is 22.7 Å². The maximum Gasteiger partial charge on any atom is 0.171 e. The van der Waals surface area contributed by atoms with E-state index in [0.29, 0.717) is 5.11 Å². The summed E-state index contributed by atoms with van der Waals surface area (Å²) < 4.78 is 14.8. The Morgan fingerprint density at radius 1 is 1.38 bits per heavy atom. The minimum absolute atomic E-state index is 0.0470. The summed E-state index contributed by atoms with van der Waals surface area (Å²) in [6.07, 6.45) is 1.86. The summed E-state index contributed by atoms with van der Waals surface area (Å²) in [6.45, 7) is 6.97. The molecule has 0 aliphatic carbocycles. The molecule has 0 saturated heterocycles. The smallest absolute Gasteiger partial charge is 0.171 e. The maximum atomic E-state index is 12.9. The van der Waals surface area contributed by atoms with Gasteiger partial charge in [0.15, 0.2) is 5.11 Å². The maximum absolute atomic E-state index is 12.9. The molecule has 1 unspecified atom stereocenters. The summed E-state index contributed by atoms with van der Waals surface area (Å²) in [5.74, 6) is -0.268. The normalized spacial score (nSPS) is 12.0. The molecule has 6 heteroatoms. The van der Waals surface area contributed by atoms with Gasteiger partial charge in [0, 0.05) is 23.5 Å². The van der Waals surface area contributed by atoms with Crippen molar-refractivity contribution in [2.24, 2.45) is 0 Å². The van der Waals surface area contributed by atoms with E-state index in [-0.39, 0.29) is 11.9 Å². The van der Waals surface area contributed by atoms with Gasteiger partial charge in [-0.2, -0.15) is 5.10 Å². The first kappa shape index (κ1) is 15.4. The Bertz CT molecular complexity index is 621. The predicted molar refractivity (Wildman–Crippen MR) is 86.8 cm³/mol. The zero-order chi connectivity index (χ0) is 15.4. The average Bonchev–Trinajstić information content (AvgIpc) is 2.82. The number of hydrogen-bond donors (Lipinski definition) is 2. The molecule has 1 atom stereocenters. The van der Waals surface area contributed by atoms with Crippen LogP contribution >= 0.6 is 12.2 Å². The molecule has 2 N–H and O–H groups in total. The molecule has 1 aromatic heterocycles. The number of nitrogens with zero attached hydrogens (tertiary/aromatic N) is 2. The second kappa shape index (κ2) is 6.67. The second-order valence-electron chi connectivity index (χ2n) is 4.83. The average molecular weight is 306 g/mol. The number of hydrogen-bond acceptors (Lipinski definition) is 2. The van der Waals surface area contributed by atoms with E-state index in [1.165, 1.54) is 12.1 Å². The Labute approximate surface area is 129 Å². The van der Waals surface area contributed by atoms with Crippen LogP contribution in [0.25, 0.3) is 0 Å². The number of rotatable bonds is 4. The van der Waals surface area contributed by atoms with Crippen LogP contribution in [0.1, 0.15) is 31.1 Å². The van der Waals surface area contributed by atoms with Crippen molar-refractivity contribution in [1.29, 1.82) is 0 Å². The Morgan fingerprint density at radius 3 is 2.62 bits per heavy atom. The number of benzene rings is 1. The molecule has 4 nitrogen and oxygen atoms in total. The first-order chi connectivity index (χ1) is 10.0. The van der Waals surface area contributed by atoms with Crippen LogP contribution in [-0.4, -0.2) is 14.9 Å². The fraction of sp³-hybridized carbons (Fsp3) is 0.333. The lowest BCUT2D eigenvalue weighted by Gasteiger charge is -2.17. The number of nitrogens with one attached hydrogen (secondary N) is 2. The first-order valence-corrected chi connectivity index (χ1v) is 7.27. The van der Waals surface area contributed by atoms with Gasteiger partial charge in [0.25, 0.3) is 0 Å². The molecule has 0 radical (unpaired) electrons. The van der Waals surface area contributed by atoms with Crippen molar-refractivity contribution in [3.8, 4) is 0 Å². The Balaban J connectivity index is 1.98. The van der Waals surface area contributed by atoms with Crippen LogP contribution in [0.4, 0.5) is 10.1 Å². The highest BCUT2D eigenvalue weighted by molar-refractivity contribution is 7.80. The molecule has 0 aliphatic rings. The van der Waals surface area contributed by atoms with Gasteiger partial charge in [-0.05, 0) is 57.3 Å². The quantitative estimate of drug-likeness (QED) is 0.850. The van der Waals surface area contributed by atoms with Crippen molar-refractivity contribution in [3.63, 3.8) is 0 Å². The van der Waals surface area contributed by atoms with Crippen LogP contribution < -0.4 is 10.6 Å². The lowest BCUT2D eigenvalue weighted by molar-refractivity contribution is 0.628. The van der Waals surface area contributed by atoms with E-state index in [9.17, 15) is 4.39 Å². The van der Waals surface area contributed by atoms with Crippen molar-refractivity contribution >= 4 is 23.0 Å². The summed E-state index contributed by atoms with van der Waals surface area (Å²) in [5.41, 5.74) is 2.99. The van der Waals surface area contributed by atoms with Crippen molar-refractivity contribution in [1.82, 2.24) is 15.1 Å². The zero-order valence-corrected chi connectivity index (χ0v) is 13.2. The summed E-state index contributed by atoms with van der Waals surface area (Å²) >= 11 is 5.28. The SMILES string of the molecule is CCn1ncc(C(C)NC(=S)Nc2ccc(F)cc2)c1C. The molecule has 2 aromatic rings. The van der Waals surface area contributed by atoms with E-state index in [1.807, 2.05) is 24.7 Å². The summed E-state index contributed by atoms with van der Waals surface area (Å²) in [4.78, 5) is 0. The largest absolute Gasteiger partial charge is 0.356 e. The minimum Gasteiger partial charge on any atom is -0.356 e.